The number of ether oxygens (including phenoxy) is 2. The lowest BCUT2D eigenvalue weighted by molar-refractivity contribution is -0.206. The van der Waals surface area contributed by atoms with E-state index in [1.165, 1.54) is 0 Å². The van der Waals surface area contributed by atoms with E-state index >= 15 is 0 Å². The van der Waals surface area contributed by atoms with Gasteiger partial charge in [0.1, 0.15) is 0 Å². The van der Waals surface area contributed by atoms with Gasteiger partial charge in [-0.25, -0.2) is 0 Å². The third kappa shape index (κ3) is 4.04. The Bertz CT molecular complexity index is 653. The maximum absolute atomic E-state index is 6.06. The second-order valence-corrected chi connectivity index (χ2v) is 6.57. The Morgan fingerprint density at radius 1 is 1.09 bits per heavy atom. The van der Waals surface area contributed by atoms with Crippen LogP contribution in [0.2, 0.25) is 10.0 Å². The van der Waals surface area contributed by atoms with Crippen LogP contribution in [-0.4, -0.2) is 18.2 Å². The Morgan fingerprint density at radius 2 is 1.87 bits per heavy atom. The Hall–Kier alpha value is -1.13. The average molecular weight is 352 g/mol. The van der Waals surface area contributed by atoms with Crippen molar-refractivity contribution in [1.29, 1.82) is 0 Å². The smallest absolute Gasteiger partial charge is 0.185 e. The van der Waals surface area contributed by atoms with Gasteiger partial charge in [-0.3, -0.25) is 4.98 Å². The number of pyridine rings is 1. The van der Waals surface area contributed by atoms with E-state index in [1.807, 2.05) is 24.3 Å². The summed E-state index contributed by atoms with van der Waals surface area (Å²) in [6, 6.07) is 9.42. The Balaban J connectivity index is 1.69. The fourth-order valence-electron chi connectivity index (χ4n) is 2.68. The van der Waals surface area contributed by atoms with Crippen molar-refractivity contribution in [3.63, 3.8) is 0 Å². The molecule has 0 spiro atoms. The van der Waals surface area contributed by atoms with Crippen molar-refractivity contribution < 1.29 is 9.47 Å². The third-order valence-corrected chi connectivity index (χ3v) is 4.68. The molecule has 0 atom stereocenters. The highest BCUT2D eigenvalue weighted by molar-refractivity contribution is 6.42. The van der Waals surface area contributed by atoms with Crippen LogP contribution < -0.4 is 0 Å². The summed E-state index contributed by atoms with van der Waals surface area (Å²) < 4.78 is 11.6. The summed E-state index contributed by atoms with van der Waals surface area (Å²) >= 11 is 12.0. The van der Waals surface area contributed by atoms with Crippen LogP contribution in [0.15, 0.2) is 36.5 Å². The fraction of sp³-hybridized carbons (Fsp3) is 0.389. The quantitative estimate of drug-likeness (QED) is 0.726. The van der Waals surface area contributed by atoms with Crippen molar-refractivity contribution >= 4 is 23.2 Å². The molecule has 23 heavy (non-hydrogen) atoms. The average Bonchev–Trinajstić information content (AvgIpc) is 2.59. The van der Waals surface area contributed by atoms with Crippen LogP contribution in [-0.2, 0) is 9.47 Å². The zero-order chi connectivity index (χ0) is 16.2. The largest absolute Gasteiger partial charge is 0.348 e. The van der Waals surface area contributed by atoms with Crippen LogP contribution in [0.3, 0.4) is 0 Å². The lowest BCUT2D eigenvalue weighted by atomic mass is 10.1. The van der Waals surface area contributed by atoms with E-state index in [1.54, 1.807) is 12.3 Å². The highest BCUT2D eigenvalue weighted by atomic mass is 35.5. The van der Waals surface area contributed by atoms with Gasteiger partial charge < -0.3 is 9.47 Å². The summed E-state index contributed by atoms with van der Waals surface area (Å²) in [5, 5.41) is 1.06. The molecule has 0 radical (unpaired) electrons. The molecule has 0 bridgehead atoms. The van der Waals surface area contributed by atoms with Crippen LogP contribution in [0.1, 0.15) is 31.6 Å². The maximum atomic E-state index is 6.06. The molecule has 0 unspecified atom stereocenters. The van der Waals surface area contributed by atoms with E-state index in [2.05, 4.69) is 11.9 Å². The standard InChI is InChI=1S/C18H19Cl2NO2/c1-2-3-12-10-22-18(23-11-12)14-5-7-17(21-9-14)13-4-6-15(19)16(20)8-13/h4-9,12,18H,2-3,10-11H2,1H3. The molecule has 1 aromatic heterocycles. The SMILES string of the molecule is CCCC1COC(c2ccc(-c3ccc(Cl)c(Cl)c3)nc2)OC1. The molecule has 0 aliphatic carbocycles. The molecule has 1 fully saturated rings. The van der Waals surface area contributed by atoms with E-state index < -0.39 is 0 Å². The minimum atomic E-state index is -0.321. The Kier molecular flexibility index (Phi) is 5.54. The van der Waals surface area contributed by atoms with E-state index in [0.717, 1.165) is 42.9 Å². The topological polar surface area (TPSA) is 31.4 Å². The summed E-state index contributed by atoms with van der Waals surface area (Å²) in [4.78, 5) is 4.49. The minimum absolute atomic E-state index is 0.321. The number of benzene rings is 1. The molecule has 122 valence electrons. The van der Waals surface area contributed by atoms with Gasteiger partial charge in [0, 0.05) is 23.2 Å². The van der Waals surface area contributed by atoms with Gasteiger partial charge in [-0.2, -0.15) is 0 Å². The third-order valence-electron chi connectivity index (χ3n) is 3.94. The molecule has 1 aliphatic rings. The molecular weight excluding hydrogens is 333 g/mol. The van der Waals surface area contributed by atoms with Gasteiger partial charge in [-0.15, -0.1) is 0 Å². The zero-order valence-electron chi connectivity index (χ0n) is 13.0. The highest BCUT2D eigenvalue weighted by Gasteiger charge is 2.23. The van der Waals surface area contributed by atoms with E-state index in [9.17, 15) is 0 Å². The van der Waals surface area contributed by atoms with Crippen molar-refractivity contribution in [1.82, 2.24) is 4.98 Å². The first-order valence-electron chi connectivity index (χ1n) is 7.82. The Morgan fingerprint density at radius 3 is 2.48 bits per heavy atom. The van der Waals surface area contributed by atoms with Crippen molar-refractivity contribution in [2.24, 2.45) is 5.92 Å². The second-order valence-electron chi connectivity index (χ2n) is 5.76. The molecule has 1 aliphatic heterocycles. The summed E-state index contributed by atoms with van der Waals surface area (Å²) in [7, 11) is 0. The predicted molar refractivity (Wildman–Crippen MR) is 92.7 cm³/mol. The van der Waals surface area contributed by atoms with Crippen LogP contribution >= 0.6 is 23.2 Å². The van der Waals surface area contributed by atoms with Gasteiger partial charge >= 0.3 is 0 Å². The molecule has 0 amide bonds. The number of hydrogen-bond donors (Lipinski definition) is 0. The minimum Gasteiger partial charge on any atom is -0.348 e. The lowest BCUT2D eigenvalue weighted by Gasteiger charge is -2.29. The molecule has 3 rings (SSSR count). The van der Waals surface area contributed by atoms with Gasteiger partial charge in [0.15, 0.2) is 6.29 Å². The summed E-state index contributed by atoms with van der Waals surface area (Å²) in [6.45, 7) is 3.66. The number of nitrogens with zero attached hydrogens (tertiary/aromatic N) is 1. The van der Waals surface area contributed by atoms with Crippen LogP contribution in [0.25, 0.3) is 11.3 Å². The van der Waals surface area contributed by atoms with Crippen LogP contribution in [0, 0.1) is 5.92 Å². The van der Waals surface area contributed by atoms with Gasteiger partial charge in [0.2, 0.25) is 0 Å². The highest BCUT2D eigenvalue weighted by Crippen LogP contribution is 2.30. The number of aromatic nitrogens is 1. The molecule has 3 nitrogen and oxygen atoms in total. The lowest BCUT2D eigenvalue weighted by Crippen LogP contribution is -2.27. The van der Waals surface area contributed by atoms with Crippen molar-refractivity contribution in [2.75, 3.05) is 13.2 Å². The molecule has 2 aromatic rings. The van der Waals surface area contributed by atoms with Gasteiger partial charge in [0.25, 0.3) is 0 Å². The van der Waals surface area contributed by atoms with E-state index in [-0.39, 0.29) is 6.29 Å². The van der Waals surface area contributed by atoms with E-state index in [4.69, 9.17) is 32.7 Å². The predicted octanol–water partition coefficient (Wildman–Crippen LogP) is 5.52. The molecule has 5 heteroatoms. The molecule has 0 saturated carbocycles. The van der Waals surface area contributed by atoms with Gasteiger partial charge in [0.05, 0.1) is 29.0 Å². The van der Waals surface area contributed by atoms with Crippen molar-refractivity contribution in [3.8, 4) is 11.3 Å². The number of hydrogen-bond acceptors (Lipinski definition) is 3. The fourth-order valence-corrected chi connectivity index (χ4v) is 2.98. The van der Waals surface area contributed by atoms with Crippen molar-refractivity contribution in [3.05, 3.63) is 52.1 Å². The summed E-state index contributed by atoms with van der Waals surface area (Å²) in [6.07, 6.45) is 3.77. The summed E-state index contributed by atoms with van der Waals surface area (Å²) in [5.74, 6) is 0.500. The first-order valence-corrected chi connectivity index (χ1v) is 8.57. The summed E-state index contributed by atoms with van der Waals surface area (Å²) in [5.41, 5.74) is 2.70. The molecular formula is C18H19Cl2NO2. The monoisotopic (exact) mass is 351 g/mol. The second kappa shape index (κ2) is 7.63. The molecule has 0 N–H and O–H groups in total. The molecule has 1 aromatic carbocycles. The first-order chi connectivity index (χ1) is 11.2. The first kappa shape index (κ1) is 16.7. The Labute approximate surface area is 146 Å². The van der Waals surface area contributed by atoms with Gasteiger partial charge in [-0.05, 0) is 24.6 Å². The van der Waals surface area contributed by atoms with Crippen LogP contribution in [0.5, 0.6) is 0 Å². The van der Waals surface area contributed by atoms with E-state index in [0.29, 0.717) is 16.0 Å². The number of rotatable bonds is 4. The van der Waals surface area contributed by atoms with Gasteiger partial charge in [-0.1, -0.05) is 48.7 Å². The molecule has 2 heterocycles. The van der Waals surface area contributed by atoms with Crippen molar-refractivity contribution in [2.45, 2.75) is 26.1 Å². The van der Waals surface area contributed by atoms with Crippen LogP contribution in [0.4, 0.5) is 0 Å². The molecule has 1 saturated heterocycles. The zero-order valence-corrected chi connectivity index (χ0v) is 14.5. The number of halogens is 2. The normalized spacial score (nSPS) is 21.3. The maximum Gasteiger partial charge on any atom is 0.185 e.